The summed E-state index contributed by atoms with van der Waals surface area (Å²) in [6.07, 6.45) is 0. The lowest BCUT2D eigenvalue weighted by Crippen LogP contribution is -1.80. The van der Waals surface area contributed by atoms with Gasteiger partial charge in [0.1, 0.15) is 0 Å². The minimum Gasteiger partial charge on any atom is -0.143 e. The zero-order valence-electron chi connectivity index (χ0n) is 15.7. The summed E-state index contributed by atoms with van der Waals surface area (Å²) in [6.45, 7) is 2.19. The van der Waals surface area contributed by atoms with Gasteiger partial charge >= 0.3 is 0 Å². The molecule has 0 N–H and O–H groups in total. The molecule has 4 aromatic carbocycles. The van der Waals surface area contributed by atoms with Gasteiger partial charge in [0.05, 0.1) is 0 Å². The molecule has 1 aromatic heterocycles. The van der Waals surface area contributed by atoms with Gasteiger partial charge in [0.25, 0.3) is 0 Å². The van der Waals surface area contributed by atoms with Crippen molar-refractivity contribution in [1.82, 2.24) is 0 Å². The Morgan fingerprint density at radius 3 is 2.25 bits per heavy atom. The van der Waals surface area contributed by atoms with Crippen LogP contribution in [0.4, 0.5) is 0 Å². The highest BCUT2D eigenvalue weighted by Crippen LogP contribution is 2.38. The fraction of sp³-hybridized carbons (Fsp3) is 0.0769. The molecule has 0 aliphatic carbocycles. The molecule has 0 unspecified atom stereocenters. The molecule has 0 fully saturated rings. The second-order valence-corrected chi connectivity index (χ2v) is 9.13. The highest BCUT2D eigenvalue weighted by Gasteiger charge is 2.09. The van der Waals surface area contributed by atoms with E-state index in [9.17, 15) is 0 Å². The van der Waals surface area contributed by atoms with E-state index in [1.54, 1.807) is 0 Å². The van der Waals surface area contributed by atoms with Crippen LogP contribution in [0.1, 0.15) is 6.92 Å². The Bertz CT molecular complexity index is 1260. The molecule has 5 aromatic rings. The molecule has 136 valence electrons. The van der Waals surface area contributed by atoms with Crippen LogP contribution >= 0.6 is 23.1 Å². The van der Waals surface area contributed by atoms with Crippen molar-refractivity contribution in [3.63, 3.8) is 0 Å². The van der Waals surface area contributed by atoms with E-state index in [4.69, 9.17) is 0 Å². The number of benzene rings is 4. The highest BCUT2D eigenvalue weighted by molar-refractivity contribution is 7.99. The molecule has 0 atom stereocenters. The summed E-state index contributed by atoms with van der Waals surface area (Å²) in [4.78, 5) is 2.66. The molecule has 1 heterocycles. The van der Waals surface area contributed by atoms with Gasteiger partial charge in [-0.05, 0) is 79.7 Å². The van der Waals surface area contributed by atoms with Crippen molar-refractivity contribution in [2.24, 2.45) is 0 Å². The molecule has 0 bridgehead atoms. The van der Waals surface area contributed by atoms with Gasteiger partial charge in [-0.25, -0.2) is 0 Å². The van der Waals surface area contributed by atoms with E-state index in [2.05, 4.69) is 97.2 Å². The Kier molecular flexibility index (Phi) is 4.67. The summed E-state index contributed by atoms with van der Waals surface area (Å²) in [5.74, 6) is 1.11. The molecule has 0 saturated heterocycles. The number of hydrogen-bond donors (Lipinski definition) is 0. The Labute approximate surface area is 173 Å². The van der Waals surface area contributed by atoms with E-state index in [1.165, 1.54) is 48.0 Å². The molecule has 5 rings (SSSR count). The van der Waals surface area contributed by atoms with Crippen molar-refractivity contribution in [2.45, 2.75) is 11.8 Å². The summed E-state index contributed by atoms with van der Waals surface area (Å²) in [7, 11) is 0. The third kappa shape index (κ3) is 3.23. The van der Waals surface area contributed by atoms with Gasteiger partial charge in [-0.2, -0.15) is 0 Å². The van der Waals surface area contributed by atoms with Gasteiger partial charge < -0.3 is 0 Å². The van der Waals surface area contributed by atoms with Gasteiger partial charge in [0, 0.05) is 9.77 Å². The third-order valence-electron chi connectivity index (χ3n) is 5.11. The quantitative estimate of drug-likeness (QED) is 0.217. The first-order valence-electron chi connectivity index (χ1n) is 9.55. The molecule has 0 aliphatic heterocycles. The lowest BCUT2D eigenvalue weighted by molar-refractivity contribution is 1.43. The van der Waals surface area contributed by atoms with Crippen molar-refractivity contribution in [3.8, 4) is 21.6 Å². The summed E-state index contributed by atoms with van der Waals surface area (Å²) in [5.41, 5.74) is 3.90. The highest BCUT2D eigenvalue weighted by atomic mass is 32.2. The van der Waals surface area contributed by atoms with Crippen LogP contribution in [-0.4, -0.2) is 5.75 Å². The fourth-order valence-corrected chi connectivity index (χ4v) is 5.34. The van der Waals surface area contributed by atoms with Crippen LogP contribution < -0.4 is 0 Å². The normalized spacial score (nSPS) is 11.3. The molecule has 0 nitrogen and oxygen atoms in total. The zero-order chi connectivity index (χ0) is 18.9. The Hall–Kier alpha value is -2.55. The van der Waals surface area contributed by atoms with Gasteiger partial charge in [-0.3, -0.25) is 0 Å². The topological polar surface area (TPSA) is 0 Å². The monoisotopic (exact) mass is 396 g/mol. The maximum atomic E-state index is 2.33. The van der Waals surface area contributed by atoms with Crippen LogP contribution in [0.25, 0.3) is 43.1 Å². The van der Waals surface area contributed by atoms with Crippen molar-refractivity contribution < 1.29 is 0 Å². The lowest BCUT2D eigenvalue weighted by Gasteiger charge is -2.07. The molecule has 0 saturated carbocycles. The lowest BCUT2D eigenvalue weighted by atomic mass is 9.98. The van der Waals surface area contributed by atoms with Gasteiger partial charge in [0.15, 0.2) is 0 Å². The fourth-order valence-electron chi connectivity index (χ4n) is 3.72. The maximum absolute atomic E-state index is 2.33. The molecule has 0 spiro atoms. The van der Waals surface area contributed by atoms with Crippen LogP contribution in [0.15, 0.2) is 95.2 Å². The number of thioether (sulfide) groups is 1. The maximum Gasteiger partial charge on any atom is 0.0355 e. The number of rotatable bonds is 4. The predicted octanol–water partition coefficient (Wildman–Crippen LogP) is 8.50. The van der Waals surface area contributed by atoms with Crippen LogP contribution in [0.5, 0.6) is 0 Å². The van der Waals surface area contributed by atoms with E-state index < -0.39 is 0 Å². The van der Waals surface area contributed by atoms with Crippen LogP contribution in [0, 0.1) is 0 Å². The number of thiophene rings is 1. The zero-order valence-corrected chi connectivity index (χ0v) is 17.3. The molecule has 0 radical (unpaired) electrons. The van der Waals surface area contributed by atoms with Crippen molar-refractivity contribution in [2.75, 3.05) is 5.75 Å². The number of fused-ring (bicyclic) bond motifs is 2. The van der Waals surface area contributed by atoms with E-state index >= 15 is 0 Å². The predicted molar refractivity (Wildman–Crippen MR) is 127 cm³/mol. The molecular weight excluding hydrogens is 376 g/mol. The SMILES string of the molecule is CCSc1ccc(-c2csc(-c3cccc4cc5ccccc5cc34)c2)cc1. The molecular formula is C26H20S2. The summed E-state index contributed by atoms with van der Waals surface area (Å²) < 4.78 is 0. The van der Waals surface area contributed by atoms with E-state index in [1.807, 2.05) is 23.1 Å². The van der Waals surface area contributed by atoms with Gasteiger partial charge in [0.2, 0.25) is 0 Å². The van der Waals surface area contributed by atoms with Crippen LogP contribution in [-0.2, 0) is 0 Å². The first-order chi connectivity index (χ1) is 13.8. The van der Waals surface area contributed by atoms with Crippen molar-refractivity contribution in [1.29, 1.82) is 0 Å². The van der Waals surface area contributed by atoms with Crippen molar-refractivity contribution >= 4 is 44.6 Å². The summed E-state index contributed by atoms with van der Waals surface area (Å²) >= 11 is 3.71. The minimum atomic E-state index is 1.11. The van der Waals surface area contributed by atoms with Crippen LogP contribution in [0.3, 0.4) is 0 Å². The van der Waals surface area contributed by atoms with E-state index in [-0.39, 0.29) is 0 Å². The molecule has 28 heavy (non-hydrogen) atoms. The third-order valence-corrected chi connectivity index (χ3v) is 6.97. The molecule has 0 aliphatic rings. The van der Waals surface area contributed by atoms with Crippen molar-refractivity contribution in [3.05, 3.63) is 90.3 Å². The van der Waals surface area contributed by atoms with Crippen LogP contribution in [0.2, 0.25) is 0 Å². The first-order valence-corrected chi connectivity index (χ1v) is 11.4. The number of hydrogen-bond acceptors (Lipinski definition) is 2. The van der Waals surface area contributed by atoms with Gasteiger partial charge in [-0.1, -0.05) is 61.5 Å². The smallest absolute Gasteiger partial charge is 0.0355 e. The largest absolute Gasteiger partial charge is 0.143 e. The van der Waals surface area contributed by atoms with E-state index in [0.29, 0.717) is 0 Å². The molecule has 2 heteroatoms. The Morgan fingerprint density at radius 1 is 0.714 bits per heavy atom. The summed E-state index contributed by atoms with van der Waals surface area (Å²) in [6, 6.07) is 31.1. The Balaban J connectivity index is 1.58. The van der Waals surface area contributed by atoms with Gasteiger partial charge in [-0.15, -0.1) is 23.1 Å². The average Bonchev–Trinajstić information content (AvgIpc) is 3.22. The standard InChI is InChI=1S/C26H20S2/c1-2-27-23-12-10-18(11-13-23)22-16-26(28-17-22)24-9-5-8-21-14-19-6-3-4-7-20(19)15-25(21)24/h3-17H,2H2,1H3. The molecule has 0 amide bonds. The Morgan fingerprint density at radius 2 is 1.46 bits per heavy atom. The first kappa shape index (κ1) is 17.5. The summed E-state index contributed by atoms with van der Waals surface area (Å²) in [5, 5.41) is 7.49. The second-order valence-electron chi connectivity index (χ2n) is 6.88. The second kappa shape index (κ2) is 7.46. The minimum absolute atomic E-state index is 1.11. The van der Waals surface area contributed by atoms with E-state index in [0.717, 1.165) is 5.75 Å². The average molecular weight is 397 g/mol.